The molecule has 0 saturated heterocycles. The fraction of sp³-hybridized carbons (Fsp3) is 0.389. The molecule has 136 valence electrons. The lowest BCUT2D eigenvalue weighted by atomic mass is 10.2. The van der Waals surface area contributed by atoms with Crippen molar-refractivity contribution in [1.82, 2.24) is 24.9 Å². The number of rotatable bonds is 5. The minimum Gasteiger partial charge on any atom is -0.477 e. The monoisotopic (exact) mass is 417 g/mol. The Morgan fingerprint density at radius 2 is 2.19 bits per heavy atom. The van der Waals surface area contributed by atoms with Crippen molar-refractivity contribution >= 4 is 32.7 Å². The molecular formula is C18H20BrN5O2. The van der Waals surface area contributed by atoms with Crippen LogP contribution in [0.1, 0.15) is 29.0 Å². The Morgan fingerprint density at radius 3 is 3.00 bits per heavy atom. The lowest BCUT2D eigenvalue weighted by Gasteiger charge is -2.14. The molecule has 26 heavy (non-hydrogen) atoms. The Kier molecular flexibility index (Phi) is 4.67. The number of hydrogen-bond donors (Lipinski definition) is 1. The highest BCUT2D eigenvalue weighted by Gasteiger charge is 2.24. The minimum atomic E-state index is -0.190. The summed E-state index contributed by atoms with van der Waals surface area (Å²) in [6.07, 6.45) is 1.70. The number of nitrogens with zero attached hydrogens (tertiary/aromatic N) is 4. The van der Waals surface area contributed by atoms with Gasteiger partial charge in [0.05, 0.1) is 12.1 Å². The highest BCUT2D eigenvalue weighted by atomic mass is 79.9. The number of amides is 1. The third-order valence-electron chi connectivity index (χ3n) is 4.56. The summed E-state index contributed by atoms with van der Waals surface area (Å²) in [6.45, 7) is 4.81. The molecular weight excluding hydrogens is 398 g/mol. The molecule has 0 bridgehead atoms. The van der Waals surface area contributed by atoms with Gasteiger partial charge in [-0.25, -0.2) is 4.68 Å². The van der Waals surface area contributed by atoms with Gasteiger partial charge in [0.15, 0.2) is 5.69 Å². The zero-order valence-electron chi connectivity index (χ0n) is 14.5. The maximum atomic E-state index is 12.4. The summed E-state index contributed by atoms with van der Waals surface area (Å²) in [6, 6.07) is 8.11. The van der Waals surface area contributed by atoms with Crippen LogP contribution in [0.3, 0.4) is 0 Å². The number of aryl methyl sites for hydroxylation is 3. The average molecular weight is 418 g/mol. The number of halogens is 1. The first-order valence-electron chi connectivity index (χ1n) is 8.74. The third-order valence-corrected chi connectivity index (χ3v) is 5.28. The number of carbonyl (C=O) groups is 1. The van der Waals surface area contributed by atoms with Gasteiger partial charge in [0.25, 0.3) is 5.91 Å². The molecule has 2 aromatic heterocycles. The van der Waals surface area contributed by atoms with Crippen molar-refractivity contribution in [1.29, 1.82) is 0 Å². The van der Waals surface area contributed by atoms with Crippen LogP contribution in [-0.4, -0.2) is 38.6 Å². The van der Waals surface area contributed by atoms with Crippen molar-refractivity contribution in [2.45, 2.75) is 32.9 Å². The van der Waals surface area contributed by atoms with Crippen LogP contribution in [0.15, 0.2) is 28.7 Å². The zero-order valence-corrected chi connectivity index (χ0v) is 16.1. The van der Waals surface area contributed by atoms with E-state index >= 15 is 0 Å². The number of carbonyl (C=O) groups excluding carboxylic acids is 1. The summed E-state index contributed by atoms with van der Waals surface area (Å²) in [7, 11) is 0. The molecule has 0 atom stereocenters. The average Bonchev–Trinajstić information content (AvgIpc) is 3.17. The van der Waals surface area contributed by atoms with Gasteiger partial charge in [-0.1, -0.05) is 18.2 Å². The molecule has 0 fully saturated rings. The molecule has 0 radical (unpaired) electrons. The van der Waals surface area contributed by atoms with E-state index in [1.54, 1.807) is 4.68 Å². The first-order valence-corrected chi connectivity index (χ1v) is 9.54. The predicted molar refractivity (Wildman–Crippen MR) is 101 cm³/mol. The van der Waals surface area contributed by atoms with Crippen LogP contribution in [0.2, 0.25) is 0 Å². The lowest BCUT2D eigenvalue weighted by molar-refractivity contribution is 0.0946. The fourth-order valence-electron chi connectivity index (χ4n) is 3.19. The number of aromatic nitrogens is 4. The molecule has 1 aliphatic rings. The summed E-state index contributed by atoms with van der Waals surface area (Å²) in [4.78, 5) is 12.4. The highest BCUT2D eigenvalue weighted by molar-refractivity contribution is 9.10. The summed E-state index contributed by atoms with van der Waals surface area (Å²) in [5, 5.41) is 13.1. The largest absolute Gasteiger partial charge is 0.477 e. The van der Waals surface area contributed by atoms with E-state index in [4.69, 9.17) is 4.74 Å². The van der Waals surface area contributed by atoms with Crippen molar-refractivity contribution in [2.75, 3.05) is 13.2 Å². The molecule has 0 aliphatic carbocycles. The Bertz CT molecular complexity index is 962. The number of fused-ring (bicyclic) bond motifs is 2. The smallest absolute Gasteiger partial charge is 0.273 e. The minimum absolute atomic E-state index is 0.190. The molecule has 8 heteroatoms. The standard InChI is InChI=1S/C18H20BrN5O2/c1-12-13-6-2-3-7-14(13)21-23(12)9-4-8-20-17(25)16-15(19)18-24(22-16)10-5-11-26-18/h2-3,6-7H,4-5,8-11H2,1H3,(H,20,25). The number of ether oxygens (including phenoxy) is 1. The molecule has 0 unspecified atom stereocenters. The quantitative estimate of drug-likeness (QED) is 0.647. The van der Waals surface area contributed by atoms with E-state index < -0.39 is 0 Å². The van der Waals surface area contributed by atoms with Crippen LogP contribution in [0.4, 0.5) is 0 Å². The Hall–Kier alpha value is -2.35. The Labute approximate surface area is 159 Å². The van der Waals surface area contributed by atoms with Gasteiger partial charge >= 0.3 is 0 Å². The van der Waals surface area contributed by atoms with Crippen LogP contribution in [-0.2, 0) is 13.1 Å². The third kappa shape index (κ3) is 3.09. The molecule has 1 N–H and O–H groups in total. The number of hydrogen-bond acceptors (Lipinski definition) is 4. The van der Waals surface area contributed by atoms with Gasteiger partial charge in [-0.15, -0.1) is 0 Å². The number of benzene rings is 1. The zero-order chi connectivity index (χ0) is 18.1. The van der Waals surface area contributed by atoms with Gasteiger partial charge in [-0.3, -0.25) is 9.48 Å². The van der Waals surface area contributed by atoms with Crippen LogP contribution in [0.5, 0.6) is 5.88 Å². The van der Waals surface area contributed by atoms with Crippen LogP contribution >= 0.6 is 15.9 Å². The first-order chi connectivity index (χ1) is 12.6. The molecule has 1 amide bonds. The van der Waals surface area contributed by atoms with Crippen molar-refractivity contribution < 1.29 is 9.53 Å². The molecule has 3 heterocycles. The highest BCUT2D eigenvalue weighted by Crippen LogP contribution is 2.31. The van der Waals surface area contributed by atoms with Crippen molar-refractivity contribution in [3.63, 3.8) is 0 Å². The lowest BCUT2D eigenvalue weighted by Crippen LogP contribution is -2.26. The second-order valence-electron chi connectivity index (χ2n) is 6.33. The van der Waals surface area contributed by atoms with E-state index in [-0.39, 0.29) is 5.91 Å². The van der Waals surface area contributed by atoms with Gasteiger partial charge in [0.1, 0.15) is 4.47 Å². The van der Waals surface area contributed by atoms with Crippen molar-refractivity contribution in [3.05, 3.63) is 40.1 Å². The molecule has 7 nitrogen and oxygen atoms in total. The second-order valence-corrected chi connectivity index (χ2v) is 7.12. The van der Waals surface area contributed by atoms with E-state index in [9.17, 15) is 4.79 Å². The SMILES string of the molecule is Cc1c2ccccc2nn1CCCNC(=O)c1nn2c(c1Br)OCCC2. The van der Waals surface area contributed by atoms with Gasteiger partial charge in [-0.05, 0) is 35.3 Å². The van der Waals surface area contributed by atoms with Gasteiger partial charge in [0, 0.05) is 37.1 Å². The van der Waals surface area contributed by atoms with E-state index in [2.05, 4.69) is 44.4 Å². The summed E-state index contributed by atoms with van der Waals surface area (Å²) >= 11 is 3.43. The summed E-state index contributed by atoms with van der Waals surface area (Å²) < 4.78 is 9.93. The van der Waals surface area contributed by atoms with E-state index in [1.807, 2.05) is 22.9 Å². The summed E-state index contributed by atoms with van der Waals surface area (Å²) in [5.41, 5.74) is 2.53. The van der Waals surface area contributed by atoms with Crippen LogP contribution < -0.4 is 10.1 Å². The maximum Gasteiger partial charge on any atom is 0.273 e. The van der Waals surface area contributed by atoms with Crippen LogP contribution in [0.25, 0.3) is 10.9 Å². The van der Waals surface area contributed by atoms with E-state index in [0.717, 1.165) is 37.1 Å². The molecule has 0 spiro atoms. The Balaban J connectivity index is 1.35. The van der Waals surface area contributed by atoms with Crippen LogP contribution in [0, 0.1) is 6.92 Å². The van der Waals surface area contributed by atoms with Crippen molar-refractivity contribution in [2.24, 2.45) is 0 Å². The predicted octanol–water partition coefficient (Wildman–Crippen LogP) is 2.91. The molecule has 0 saturated carbocycles. The van der Waals surface area contributed by atoms with Gasteiger partial charge in [0.2, 0.25) is 5.88 Å². The van der Waals surface area contributed by atoms with E-state index in [0.29, 0.717) is 29.2 Å². The molecule has 4 rings (SSSR count). The second kappa shape index (κ2) is 7.11. The Morgan fingerprint density at radius 1 is 1.35 bits per heavy atom. The van der Waals surface area contributed by atoms with Crippen molar-refractivity contribution in [3.8, 4) is 5.88 Å². The van der Waals surface area contributed by atoms with Gasteiger partial charge < -0.3 is 10.1 Å². The molecule has 1 aromatic carbocycles. The topological polar surface area (TPSA) is 74.0 Å². The fourth-order valence-corrected chi connectivity index (χ4v) is 3.76. The van der Waals surface area contributed by atoms with E-state index in [1.165, 1.54) is 5.39 Å². The maximum absolute atomic E-state index is 12.4. The normalized spacial score (nSPS) is 13.5. The first kappa shape index (κ1) is 17.1. The molecule has 3 aromatic rings. The number of nitrogens with one attached hydrogen (secondary N) is 1. The van der Waals surface area contributed by atoms with Gasteiger partial charge in [-0.2, -0.15) is 10.2 Å². The molecule has 1 aliphatic heterocycles. The summed E-state index contributed by atoms with van der Waals surface area (Å²) in [5.74, 6) is 0.449.